The van der Waals surface area contributed by atoms with Gasteiger partial charge in [0.15, 0.2) is 0 Å². The molecule has 1 heterocycles. The largest absolute Gasteiger partial charge is 0.489 e. The Balaban J connectivity index is 1.95. The fourth-order valence-electron chi connectivity index (χ4n) is 1.79. The molecule has 0 aromatic heterocycles. The fraction of sp³-hybridized carbons (Fsp3) is 0.417. The van der Waals surface area contributed by atoms with E-state index in [0.29, 0.717) is 6.42 Å². The van der Waals surface area contributed by atoms with Crippen molar-refractivity contribution in [2.45, 2.75) is 18.9 Å². The average molecular weight is 221 g/mol. The number of fused-ring (bicyclic) bond motifs is 1. The lowest BCUT2D eigenvalue weighted by Crippen LogP contribution is -2.30. The Hall–Kier alpha value is -1.55. The van der Waals surface area contributed by atoms with Crippen molar-refractivity contribution < 1.29 is 14.4 Å². The summed E-state index contributed by atoms with van der Waals surface area (Å²) in [7, 11) is 3.08. The van der Waals surface area contributed by atoms with E-state index < -0.39 is 0 Å². The molecule has 4 nitrogen and oxygen atoms in total. The van der Waals surface area contributed by atoms with Crippen LogP contribution in [0.3, 0.4) is 0 Å². The van der Waals surface area contributed by atoms with Crippen LogP contribution in [0, 0.1) is 0 Å². The van der Waals surface area contributed by atoms with Crippen molar-refractivity contribution in [3.05, 3.63) is 29.8 Å². The van der Waals surface area contributed by atoms with Gasteiger partial charge in [-0.05, 0) is 11.6 Å². The number of nitrogens with zero attached hydrogens (tertiary/aromatic N) is 1. The van der Waals surface area contributed by atoms with Gasteiger partial charge in [0.2, 0.25) is 5.91 Å². The molecule has 0 bridgehead atoms. The highest BCUT2D eigenvalue weighted by atomic mass is 16.7. The minimum Gasteiger partial charge on any atom is -0.489 e. The zero-order chi connectivity index (χ0) is 11.5. The Morgan fingerprint density at radius 1 is 1.56 bits per heavy atom. The molecule has 1 atom stereocenters. The van der Waals surface area contributed by atoms with Gasteiger partial charge in [-0.1, -0.05) is 18.2 Å². The standard InChI is InChI=1S/C12H15NO3/c1-13(15-2)12(14)8-10-7-9-5-3-4-6-11(9)16-10/h3-6,10H,7-8H2,1-2H3/t10-/m1/s1. The quantitative estimate of drug-likeness (QED) is 0.724. The van der Waals surface area contributed by atoms with Crippen LogP contribution in [-0.2, 0) is 16.1 Å². The molecule has 1 aromatic rings. The van der Waals surface area contributed by atoms with Crippen LogP contribution in [0.1, 0.15) is 12.0 Å². The molecule has 1 amide bonds. The molecule has 0 radical (unpaired) electrons. The molecule has 0 N–H and O–H groups in total. The number of hydrogen-bond donors (Lipinski definition) is 0. The molecule has 0 aliphatic carbocycles. The third-order valence-electron chi connectivity index (χ3n) is 2.74. The zero-order valence-electron chi connectivity index (χ0n) is 9.47. The van der Waals surface area contributed by atoms with Crippen molar-refractivity contribution in [3.63, 3.8) is 0 Å². The number of carbonyl (C=O) groups is 1. The molecule has 0 saturated carbocycles. The maximum atomic E-state index is 11.6. The Labute approximate surface area is 94.7 Å². The lowest BCUT2D eigenvalue weighted by molar-refractivity contribution is -0.170. The lowest BCUT2D eigenvalue weighted by Gasteiger charge is -2.16. The second-order valence-electron chi connectivity index (χ2n) is 3.83. The van der Waals surface area contributed by atoms with Crippen LogP contribution >= 0.6 is 0 Å². The van der Waals surface area contributed by atoms with Crippen LogP contribution in [0.2, 0.25) is 0 Å². The van der Waals surface area contributed by atoms with Crippen LogP contribution in [-0.4, -0.2) is 31.2 Å². The summed E-state index contributed by atoms with van der Waals surface area (Å²) in [5, 5.41) is 1.23. The van der Waals surface area contributed by atoms with E-state index in [1.165, 1.54) is 17.7 Å². The van der Waals surface area contributed by atoms with E-state index in [0.717, 1.165) is 12.2 Å². The van der Waals surface area contributed by atoms with Crippen LogP contribution in [0.15, 0.2) is 24.3 Å². The van der Waals surface area contributed by atoms with E-state index in [2.05, 4.69) is 0 Å². The Kier molecular flexibility index (Phi) is 3.10. The van der Waals surface area contributed by atoms with Gasteiger partial charge in [-0.15, -0.1) is 0 Å². The van der Waals surface area contributed by atoms with Gasteiger partial charge in [0.05, 0.1) is 13.5 Å². The highest BCUT2D eigenvalue weighted by Gasteiger charge is 2.25. The van der Waals surface area contributed by atoms with E-state index in [1.807, 2.05) is 24.3 Å². The summed E-state index contributed by atoms with van der Waals surface area (Å²) in [6, 6.07) is 7.87. The maximum Gasteiger partial charge on any atom is 0.249 e. The van der Waals surface area contributed by atoms with Gasteiger partial charge in [-0.2, -0.15) is 0 Å². The summed E-state index contributed by atoms with van der Waals surface area (Å²) in [6.45, 7) is 0. The first-order valence-electron chi connectivity index (χ1n) is 5.26. The van der Waals surface area contributed by atoms with Gasteiger partial charge < -0.3 is 4.74 Å². The van der Waals surface area contributed by atoms with Crippen LogP contribution in [0.25, 0.3) is 0 Å². The van der Waals surface area contributed by atoms with E-state index in [1.54, 1.807) is 7.05 Å². The molecule has 1 aliphatic heterocycles. The first-order valence-corrected chi connectivity index (χ1v) is 5.26. The van der Waals surface area contributed by atoms with Crippen molar-refractivity contribution in [2.24, 2.45) is 0 Å². The third kappa shape index (κ3) is 2.17. The number of ether oxygens (including phenoxy) is 1. The first-order chi connectivity index (χ1) is 7.70. The summed E-state index contributed by atoms with van der Waals surface area (Å²) in [5.41, 5.74) is 1.17. The Morgan fingerprint density at radius 2 is 2.31 bits per heavy atom. The summed E-state index contributed by atoms with van der Waals surface area (Å²) in [6.07, 6.45) is 1.07. The van der Waals surface area contributed by atoms with E-state index in [-0.39, 0.29) is 12.0 Å². The van der Waals surface area contributed by atoms with Gasteiger partial charge in [0.25, 0.3) is 0 Å². The average Bonchev–Trinajstić information content (AvgIpc) is 2.69. The van der Waals surface area contributed by atoms with Crippen LogP contribution in [0.5, 0.6) is 5.75 Å². The van der Waals surface area contributed by atoms with Gasteiger partial charge >= 0.3 is 0 Å². The number of hydroxylamine groups is 2. The summed E-state index contributed by atoms with van der Waals surface area (Å²) in [4.78, 5) is 16.4. The highest BCUT2D eigenvalue weighted by molar-refractivity contribution is 5.75. The number of hydrogen-bond acceptors (Lipinski definition) is 3. The van der Waals surface area contributed by atoms with Crippen molar-refractivity contribution in [1.29, 1.82) is 0 Å². The minimum atomic E-state index is -0.0692. The number of benzene rings is 1. The Morgan fingerprint density at radius 3 is 3.00 bits per heavy atom. The molecular weight excluding hydrogens is 206 g/mol. The summed E-state index contributed by atoms with van der Waals surface area (Å²) < 4.78 is 5.67. The van der Waals surface area contributed by atoms with Gasteiger partial charge in [0.1, 0.15) is 11.9 Å². The zero-order valence-corrected chi connectivity index (χ0v) is 9.47. The number of carbonyl (C=O) groups excluding carboxylic acids is 1. The Bertz CT molecular complexity index is 367. The van der Waals surface area contributed by atoms with Crippen LogP contribution in [0.4, 0.5) is 0 Å². The van der Waals surface area contributed by atoms with Crippen molar-refractivity contribution in [1.82, 2.24) is 5.06 Å². The van der Waals surface area contributed by atoms with Crippen molar-refractivity contribution >= 4 is 5.91 Å². The summed E-state index contributed by atoms with van der Waals surface area (Å²) in [5.74, 6) is 0.820. The number of rotatable bonds is 3. The monoisotopic (exact) mass is 221 g/mol. The second-order valence-corrected chi connectivity index (χ2v) is 3.83. The lowest BCUT2D eigenvalue weighted by atomic mass is 10.1. The molecule has 0 unspecified atom stereocenters. The molecule has 86 valence electrons. The topological polar surface area (TPSA) is 38.8 Å². The molecule has 16 heavy (non-hydrogen) atoms. The van der Waals surface area contributed by atoms with Crippen LogP contribution < -0.4 is 4.74 Å². The third-order valence-corrected chi connectivity index (χ3v) is 2.74. The maximum absolute atomic E-state index is 11.6. The normalized spacial score (nSPS) is 17.8. The predicted octanol–water partition coefficient (Wildman–Crippen LogP) is 1.40. The predicted molar refractivity (Wildman–Crippen MR) is 59.0 cm³/mol. The van der Waals surface area contributed by atoms with E-state index >= 15 is 0 Å². The first kappa shape index (κ1) is 11.0. The highest BCUT2D eigenvalue weighted by Crippen LogP contribution is 2.29. The molecule has 0 fully saturated rings. The molecule has 2 rings (SSSR count). The van der Waals surface area contributed by atoms with E-state index in [4.69, 9.17) is 9.57 Å². The van der Waals surface area contributed by atoms with Crippen molar-refractivity contribution in [2.75, 3.05) is 14.2 Å². The molecule has 4 heteroatoms. The second kappa shape index (κ2) is 4.53. The molecule has 1 aliphatic rings. The van der Waals surface area contributed by atoms with Gasteiger partial charge in [-0.25, -0.2) is 5.06 Å². The van der Waals surface area contributed by atoms with E-state index in [9.17, 15) is 4.79 Å². The smallest absolute Gasteiger partial charge is 0.249 e. The number of amides is 1. The molecule has 0 saturated heterocycles. The molecule has 0 spiro atoms. The molecular formula is C12H15NO3. The molecule has 1 aromatic carbocycles. The SMILES string of the molecule is CON(C)C(=O)C[C@H]1Cc2ccccc2O1. The number of para-hydroxylation sites is 1. The minimum absolute atomic E-state index is 0.0671. The summed E-state index contributed by atoms with van der Waals surface area (Å²) >= 11 is 0. The van der Waals surface area contributed by atoms with Gasteiger partial charge in [0, 0.05) is 13.5 Å². The van der Waals surface area contributed by atoms with Crippen molar-refractivity contribution in [3.8, 4) is 5.75 Å². The van der Waals surface area contributed by atoms with Gasteiger partial charge in [-0.3, -0.25) is 9.63 Å². The fourth-order valence-corrected chi connectivity index (χ4v) is 1.79.